The van der Waals surface area contributed by atoms with E-state index in [-0.39, 0.29) is 27.3 Å². The number of rotatable bonds is 5. The molecule has 2 aromatic rings. The van der Waals surface area contributed by atoms with Crippen LogP contribution in [0.5, 0.6) is 0 Å². The van der Waals surface area contributed by atoms with Crippen molar-refractivity contribution in [2.45, 2.75) is 17.9 Å². The SMILES string of the molecule is CNS(=O)(=O)c1cc(C(=O)N[C@@H](C)c2ccc(F)cc2)ccc1Cl. The molecule has 1 amide bonds. The largest absolute Gasteiger partial charge is 0.346 e. The molecule has 2 N–H and O–H groups in total. The summed E-state index contributed by atoms with van der Waals surface area (Å²) in [5, 5.41) is 2.75. The van der Waals surface area contributed by atoms with E-state index >= 15 is 0 Å². The van der Waals surface area contributed by atoms with Gasteiger partial charge in [-0.15, -0.1) is 0 Å². The van der Waals surface area contributed by atoms with Gasteiger partial charge in [0.05, 0.1) is 11.1 Å². The van der Waals surface area contributed by atoms with Gasteiger partial charge in [0.15, 0.2) is 0 Å². The number of sulfonamides is 1. The summed E-state index contributed by atoms with van der Waals surface area (Å²) < 4.78 is 38.9. The molecule has 5 nitrogen and oxygen atoms in total. The second-order valence-corrected chi connectivity index (χ2v) is 7.36. The molecule has 0 bridgehead atoms. The van der Waals surface area contributed by atoms with Gasteiger partial charge in [-0.25, -0.2) is 17.5 Å². The van der Waals surface area contributed by atoms with E-state index in [0.29, 0.717) is 0 Å². The highest BCUT2D eigenvalue weighted by Crippen LogP contribution is 2.23. The molecular weight excluding hydrogens is 355 g/mol. The molecule has 1 atom stereocenters. The van der Waals surface area contributed by atoms with Gasteiger partial charge < -0.3 is 5.32 Å². The van der Waals surface area contributed by atoms with E-state index < -0.39 is 15.9 Å². The number of hydrogen-bond donors (Lipinski definition) is 2. The molecule has 8 heteroatoms. The number of halogens is 2. The zero-order chi connectivity index (χ0) is 17.9. The van der Waals surface area contributed by atoms with E-state index in [9.17, 15) is 17.6 Å². The molecule has 0 unspecified atom stereocenters. The van der Waals surface area contributed by atoms with Crippen molar-refractivity contribution in [2.24, 2.45) is 0 Å². The van der Waals surface area contributed by atoms with Crippen molar-refractivity contribution in [1.82, 2.24) is 10.0 Å². The van der Waals surface area contributed by atoms with Crippen LogP contribution in [-0.4, -0.2) is 21.4 Å². The Hall–Kier alpha value is -1.96. The standard InChI is InChI=1S/C16H16ClFN2O3S/c1-10(11-3-6-13(18)7-4-11)20-16(21)12-5-8-14(17)15(9-12)24(22,23)19-2/h3-10,19H,1-2H3,(H,20,21)/t10-/m0/s1. The van der Waals surface area contributed by atoms with Crippen molar-refractivity contribution in [3.63, 3.8) is 0 Å². The van der Waals surface area contributed by atoms with Crippen LogP contribution >= 0.6 is 11.6 Å². The summed E-state index contributed by atoms with van der Waals surface area (Å²) in [6.45, 7) is 1.74. The number of hydrogen-bond acceptors (Lipinski definition) is 3. The molecule has 0 saturated heterocycles. The van der Waals surface area contributed by atoms with Crippen LogP contribution in [-0.2, 0) is 10.0 Å². The summed E-state index contributed by atoms with van der Waals surface area (Å²) >= 11 is 5.89. The molecule has 24 heavy (non-hydrogen) atoms. The minimum absolute atomic E-state index is 0.0208. The number of benzene rings is 2. The highest BCUT2D eigenvalue weighted by atomic mass is 35.5. The lowest BCUT2D eigenvalue weighted by Gasteiger charge is -2.15. The van der Waals surface area contributed by atoms with Gasteiger partial charge in [-0.1, -0.05) is 23.7 Å². The Morgan fingerprint density at radius 1 is 1.17 bits per heavy atom. The van der Waals surface area contributed by atoms with E-state index in [1.807, 2.05) is 0 Å². The first kappa shape index (κ1) is 18.4. The Kier molecular flexibility index (Phi) is 5.58. The third-order valence-electron chi connectivity index (χ3n) is 3.47. The Morgan fingerprint density at radius 2 is 1.79 bits per heavy atom. The maximum Gasteiger partial charge on any atom is 0.251 e. The maximum absolute atomic E-state index is 12.9. The Morgan fingerprint density at radius 3 is 2.38 bits per heavy atom. The predicted octanol–water partition coefficient (Wildman–Crippen LogP) is 2.88. The van der Waals surface area contributed by atoms with E-state index in [4.69, 9.17) is 11.6 Å². The van der Waals surface area contributed by atoms with Gasteiger partial charge in [0, 0.05) is 5.56 Å². The molecule has 128 valence electrons. The molecule has 0 aliphatic carbocycles. The van der Waals surface area contributed by atoms with E-state index in [1.165, 1.54) is 37.4 Å². The maximum atomic E-state index is 12.9. The van der Waals surface area contributed by atoms with Gasteiger partial charge in [-0.2, -0.15) is 0 Å². The Labute approximate surface area is 144 Å². The first-order chi connectivity index (χ1) is 11.2. The number of carbonyl (C=O) groups excluding carboxylic acids is 1. The lowest BCUT2D eigenvalue weighted by molar-refractivity contribution is 0.0939. The smallest absolute Gasteiger partial charge is 0.251 e. The molecular formula is C16H16ClFN2O3S. The molecule has 0 radical (unpaired) electrons. The average Bonchev–Trinajstić information content (AvgIpc) is 2.55. The van der Waals surface area contributed by atoms with Crippen molar-refractivity contribution in [3.8, 4) is 0 Å². The highest BCUT2D eigenvalue weighted by Gasteiger charge is 2.19. The van der Waals surface area contributed by atoms with Crippen LogP contribution in [0.3, 0.4) is 0 Å². The van der Waals surface area contributed by atoms with Crippen molar-refractivity contribution >= 4 is 27.5 Å². The third kappa shape index (κ3) is 4.11. The monoisotopic (exact) mass is 370 g/mol. The molecule has 0 heterocycles. The molecule has 2 aromatic carbocycles. The molecule has 0 saturated carbocycles. The molecule has 0 fully saturated rings. The summed E-state index contributed by atoms with van der Waals surface area (Å²) in [6.07, 6.45) is 0. The summed E-state index contributed by atoms with van der Waals surface area (Å²) in [7, 11) is -2.51. The zero-order valence-electron chi connectivity index (χ0n) is 13.0. The summed E-state index contributed by atoms with van der Waals surface area (Å²) in [6, 6.07) is 9.36. The van der Waals surface area contributed by atoms with Crippen LogP contribution in [0.15, 0.2) is 47.4 Å². The van der Waals surface area contributed by atoms with Crippen LogP contribution < -0.4 is 10.0 Å². The molecule has 0 aliphatic heterocycles. The fourth-order valence-electron chi connectivity index (χ4n) is 2.08. The fraction of sp³-hybridized carbons (Fsp3) is 0.188. The molecule has 0 aliphatic rings. The lowest BCUT2D eigenvalue weighted by Crippen LogP contribution is -2.27. The van der Waals surface area contributed by atoms with E-state index in [1.54, 1.807) is 19.1 Å². The Bertz CT molecular complexity index is 854. The van der Waals surface area contributed by atoms with Gasteiger partial charge in [-0.05, 0) is 49.9 Å². The third-order valence-corrected chi connectivity index (χ3v) is 5.37. The van der Waals surface area contributed by atoms with Gasteiger partial charge in [0.2, 0.25) is 10.0 Å². The lowest BCUT2D eigenvalue weighted by atomic mass is 10.1. The molecule has 2 rings (SSSR count). The van der Waals surface area contributed by atoms with Gasteiger partial charge in [-0.3, -0.25) is 4.79 Å². The first-order valence-electron chi connectivity index (χ1n) is 7.04. The number of amides is 1. The molecule has 0 spiro atoms. The number of carbonyl (C=O) groups is 1. The second kappa shape index (κ2) is 7.29. The normalized spacial score (nSPS) is 12.7. The zero-order valence-corrected chi connectivity index (χ0v) is 14.6. The van der Waals surface area contributed by atoms with E-state index in [0.717, 1.165) is 5.56 Å². The average molecular weight is 371 g/mol. The van der Waals surface area contributed by atoms with Crippen molar-refractivity contribution < 1.29 is 17.6 Å². The van der Waals surface area contributed by atoms with E-state index in [2.05, 4.69) is 10.0 Å². The minimum Gasteiger partial charge on any atom is -0.346 e. The van der Waals surface area contributed by atoms with Crippen LogP contribution in [0.25, 0.3) is 0 Å². The van der Waals surface area contributed by atoms with Gasteiger partial charge >= 0.3 is 0 Å². The Balaban J connectivity index is 2.24. The predicted molar refractivity (Wildman–Crippen MR) is 90.0 cm³/mol. The van der Waals surface area contributed by atoms with Crippen LogP contribution in [0.1, 0.15) is 28.9 Å². The highest BCUT2D eigenvalue weighted by molar-refractivity contribution is 7.89. The van der Waals surface area contributed by atoms with Crippen molar-refractivity contribution in [1.29, 1.82) is 0 Å². The number of nitrogens with one attached hydrogen (secondary N) is 2. The minimum atomic E-state index is -3.77. The van der Waals surface area contributed by atoms with Crippen LogP contribution in [0, 0.1) is 5.82 Å². The van der Waals surface area contributed by atoms with Gasteiger partial charge in [0.25, 0.3) is 5.91 Å². The second-order valence-electron chi connectivity index (χ2n) is 5.10. The topological polar surface area (TPSA) is 75.3 Å². The van der Waals surface area contributed by atoms with Gasteiger partial charge in [0.1, 0.15) is 10.7 Å². The van der Waals surface area contributed by atoms with Crippen molar-refractivity contribution in [2.75, 3.05) is 7.05 Å². The molecule has 0 aromatic heterocycles. The first-order valence-corrected chi connectivity index (χ1v) is 8.90. The van der Waals surface area contributed by atoms with Crippen molar-refractivity contribution in [3.05, 3.63) is 64.4 Å². The summed E-state index contributed by atoms with van der Waals surface area (Å²) in [4.78, 5) is 12.2. The van der Waals surface area contributed by atoms with Crippen LogP contribution in [0.4, 0.5) is 4.39 Å². The summed E-state index contributed by atoms with van der Waals surface area (Å²) in [5.74, 6) is -0.826. The van der Waals surface area contributed by atoms with Crippen LogP contribution in [0.2, 0.25) is 5.02 Å². The quantitative estimate of drug-likeness (QED) is 0.849. The fourth-order valence-corrected chi connectivity index (χ4v) is 3.32. The summed E-state index contributed by atoms with van der Waals surface area (Å²) in [5.41, 5.74) is 0.879.